The maximum absolute atomic E-state index is 12.2. The zero-order chi connectivity index (χ0) is 15.7. The summed E-state index contributed by atoms with van der Waals surface area (Å²) in [5.74, 6) is -1.00. The van der Waals surface area contributed by atoms with Gasteiger partial charge in [0, 0.05) is 0 Å². The van der Waals surface area contributed by atoms with Gasteiger partial charge in [0.15, 0.2) is 6.04 Å². The van der Waals surface area contributed by atoms with Crippen LogP contribution in [-0.4, -0.2) is 40.2 Å². The van der Waals surface area contributed by atoms with Gasteiger partial charge in [-0.2, -0.15) is 5.06 Å². The van der Waals surface area contributed by atoms with Crippen molar-refractivity contribution in [2.45, 2.75) is 65.2 Å². The van der Waals surface area contributed by atoms with E-state index in [1.165, 1.54) is 0 Å². The fourth-order valence-corrected chi connectivity index (χ4v) is 1.56. The Balaban J connectivity index is 2.94. The number of carbonyl (C=O) groups is 3. The van der Waals surface area contributed by atoms with Crippen molar-refractivity contribution in [3.63, 3.8) is 0 Å². The number of amides is 3. The lowest BCUT2D eigenvalue weighted by molar-refractivity contribution is -0.227. The molecule has 20 heavy (non-hydrogen) atoms. The van der Waals surface area contributed by atoms with E-state index in [9.17, 15) is 14.4 Å². The van der Waals surface area contributed by atoms with E-state index in [2.05, 4.69) is 5.32 Å². The smallest absolute Gasteiger partial charge is 0.435 e. The molecule has 0 bridgehead atoms. The van der Waals surface area contributed by atoms with Crippen molar-refractivity contribution >= 4 is 17.9 Å². The number of nitrogens with zero attached hydrogens (tertiary/aromatic N) is 1. The van der Waals surface area contributed by atoms with E-state index in [4.69, 9.17) is 9.57 Å². The van der Waals surface area contributed by atoms with Crippen molar-refractivity contribution in [1.29, 1.82) is 0 Å². The van der Waals surface area contributed by atoms with Crippen LogP contribution in [0.2, 0.25) is 0 Å². The highest BCUT2D eigenvalue weighted by Gasteiger charge is 2.42. The monoisotopic (exact) mass is 286 g/mol. The Hall–Kier alpha value is -1.63. The molecule has 1 aliphatic heterocycles. The standard InChI is InChI=1S/C13H22N2O5/c1-12(2,3)19-11(18)15(20-13(4,5)6)8-7-9(16)14-10(8)17/h8H,7H2,1-6H3,(H,14,16,17)/t8-/m0/s1. The van der Waals surface area contributed by atoms with Crippen molar-refractivity contribution in [3.05, 3.63) is 0 Å². The van der Waals surface area contributed by atoms with Gasteiger partial charge in [-0.1, -0.05) is 0 Å². The van der Waals surface area contributed by atoms with E-state index >= 15 is 0 Å². The van der Waals surface area contributed by atoms with Gasteiger partial charge < -0.3 is 4.74 Å². The Bertz CT molecular complexity index is 419. The zero-order valence-electron chi connectivity index (χ0n) is 12.8. The highest BCUT2D eigenvalue weighted by Crippen LogP contribution is 2.21. The van der Waals surface area contributed by atoms with Gasteiger partial charge in [-0.05, 0) is 41.5 Å². The van der Waals surface area contributed by atoms with Crippen molar-refractivity contribution < 1.29 is 24.0 Å². The van der Waals surface area contributed by atoms with Crippen LogP contribution < -0.4 is 5.32 Å². The minimum absolute atomic E-state index is 0.131. The molecule has 0 unspecified atom stereocenters. The first-order chi connectivity index (χ1) is 8.89. The molecule has 1 fully saturated rings. The van der Waals surface area contributed by atoms with Crippen molar-refractivity contribution in [2.75, 3.05) is 0 Å². The van der Waals surface area contributed by atoms with Gasteiger partial charge in [-0.15, -0.1) is 0 Å². The number of carbonyl (C=O) groups excluding carboxylic acids is 3. The lowest BCUT2D eigenvalue weighted by Crippen LogP contribution is -2.49. The average molecular weight is 286 g/mol. The minimum Gasteiger partial charge on any atom is -0.442 e. The molecule has 0 aliphatic carbocycles. The van der Waals surface area contributed by atoms with Crippen LogP contribution in [0.3, 0.4) is 0 Å². The summed E-state index contributed by atoms with van der Waals surface area (Å²) >= 11 is 0. The maximum Gasteiger partial charge on any atom is 0.435 e. The highest BCUT2D eigenvalue weighted by molar-refractivity contribution is 6.06. The molecule has 0 radical (unpaired) electrons. The summed E-state index contributed by atoms with van der Waals surface area (Å²) in [6.45, 7) is 10.3. The third-order valence-electron chi connectivity index (χ3n) is 2.17. The molecule has 1 saturated heterocycles. The summed E-state index contributed by atoms with van der Waals surface area (Å²) in [5.41, 5.74) is -1.43. The third-order valence-corrected chi connectivity index (χ3v) is 2.17. The number of rotatable bonds is 2. The molecule has 7 nitrogen and oxygen atoms in total. The first kappa shape index (κ1) is 16.4. The first-order valence-electron chi connectivity index (χ1n) is 6.44. The third kappa shape index (κ3) is 4.80. The largest absolute Gasteiger partial charge is 0.442 e. The molecule has 0 spiro atoms. The van der Waals surface area contributed by atoms with Crippen LogP contribution in [0.15, 0.2) is 0 Å². The molecule has 1 rings (SSSR count). The second-order valence-electron chi connectivity index (χ2n) is 6.64. The van der Waals surface area contributed by atoms with Gasteiger partial charge in [0.25, 0.3) is 5.91 Å². The Morgan fingerprint density at radius 1 is 1.15 bits per heavy atom. The number of hydrogen-bond donors (Lipinski definition) is 1. The number of hydroxylamine groups is 2. The first-order valence-corrected chi connectivity index (χ1v) is 6.44. The molecular weight excluding hydrogens is 264 g/mol. The number of nitrogens with one attached hydrogen (secondary N) is 1. The van der Waals surface area contributed by atoms with Crippen LogP contribution in [0.25, 0.3) is 0 Å². The predicted octanol–water partition coefficient (Wildman–Crippen LogP) is 1.37. The topological polar surface area (TPSA) is 84.9 Å². The van der Waals surface area contributed by atoms with E-state index in [0.29, 0.717) is 0 Å². The molecule has 7 heteroatoms. The summed E-state index contributed by atoms with van der Waals surface area (Å²) in [6.07, 6.45) is -0.920. The lowest BCUT2D eigenvalue weighted by Gasteiger charge is -2.33. The predicted molar refractivity (Wildman–Crippen MR) is 70.5 cm³/mol. The SMILES string of the molecule is CC(C)(C)OC(=O)N(OC(C)(C)C)[C@H]1CC(=O)NC1=O. The molecule has 1 aliphatic rings. The number of imide groups is 1. The van der Waals surface area contributed by atoms with Gasteiger partial charge in [-0.3, -0.25) is 19.7 Å². The summed E-state index contributed by atoms with van der Waals surface area (Å²) in [6, 6.07) is -1.00. The molecule has 0 aromatic heterocycles. The fourth-order valence-electron chi connectivity index (χ4n) is 1.56. The second kappa shape index (κ2) is 5.40. The zero-order valence-corrected chi connectivity index (χ0v) is 12.8. The Morgan fingerprint density at radius 3 is 2.05 bits per heavy atom. The van der Waals surface area contributed by atoms with Crippen LogP contribution in [0, 0.1) is 0 Å². The van der Waals surface area contributed by atoms with E-state index < -0.39 is 35.2 Å². The molecule has 3 amide bonds. The minimum atomic E-state index is -1.00. The fraction of sp³-hybridized carbons (Fsp3) is 0.769. The van der Waals surface area contributed by atoms with E-state index in [0.717, 1.165) is 5.06 Å². The molecule has 0 aromatic carbocycles. The Kier molecular flexibility index (Phi) is 4.43. The van der Waals surface area contributed by atoms with Crippen LogP contribution >= 0.6 is 0 Å². The number of ether oxygens (including phenoxy) is 1. The quantitative estimate of drug-likeness (QED) is 0.612. The molecule has 1 heterocycles. The molecule has 1 atom stereocenters. The summed E-state index contributed by atoms with van der Waals surface area (Å²) in [5, 5.41) is 3.00. The van der Waals surface area contributed by atoms with E-state index in [1.807, 2.05) is 0 Å². The lowest BCUT2D eigenvalue weighted by atomic mass is 10.2. The maximum atomic E-state index is 12.2. The molecule has 114 valence electrons. The summed E-state index contributed by atoms with van der Waals surface area (Å²) in [7, 11) is 0. The van der Waals surface area contributed by atoms with Crippen LogP contribution in [0.4, 0.5) is 4.79 Å². The molecule has 1 N–H and O–H groups in total. The Morgan fingerprint density at radius 2 is 1.70 bits per heavy atom. The highest BCUT2D eigenvalue weighted by atomic mass is 16.7. The van der Waals surface area contributed by atoms with Crippen molar-refractivity contribution in [2.24, 2.45) is 0 Å². The number of hydrogen-bond acceptors (Lipinski definition) is 5. The van der Waals surface area contributed by atoms with Gasteiger partial charge in [-0.25, -0.2) is 4.79 Å². The normalized spacial score (nSPS) is 19.8. The Labute approximate surface area is 118 Å². The van der Waals surface area contributed by atoms with Gasteiger partial charge >= 0.3 is 6.09 Å². The molecule has 0 aromatic rings. The van der Waals surface area contributed by atoms with Crippen LogP contribution in [-0.2, 0) is 19.2 Å². The van der Waals surface area contributed by atoms with Gasteiger partial charge in [0.1, 0.15) is 5.60 Å². The van der Waals surface area contributed by atoms with Crippen molar-refractivity contribution in [3.8, 4) is 0 Å². The molecular formula is C13H22N2O5. The van der Waals surface area contributed by atoms with E-state index in [1.54, 1.807) is 41.5 Å². The summed E-state index contributed by atoms with van der Waals surface area (Å²) < 4.78 is 5.21. The van der Waals surface area contributed by atoms with Crippen LogP contribution in [0.5, 0.6) is 0 Å². The molecule has 0 saturated carbocycles. The second-order valence-corrected chi connectivity index (χ2v) is 6.64. The van der Waals surface area contributed by atoms with E-state index in [-0.39, 0.29) is 6.42 Å². The van der Waals surface area contributed by atoms with Crippen LogP contribution in [0.1, 0.15) is 48.0 Å². The van der Waals surface area contributed by atoms with Gasteiger partial charge in [0.05, 0.1) is 12.0 Å². The van der Waals surface area contributed by atoms with Gasteiger partial charge in [0.2, 0.25) is 5.91 Å². The van der Waals surface area contributed by atoms with Crippen molar-refractivity contribution in [1.82, 2.24) is 10.4 Å². The summed E-state index contributed by atoms with van der Waals surface area (Å²) in [4.78, 5) is 40.7. The average Bonchev–Trinajstić information content (AvgIpc) is 2.50.